The lowest BCUT2D eigenvalue weighted by molar-refractivity contribution is -0.394. The molecule has 2 atom stereocenters. The second-order valence-corrected chi connectivity index (χ2v) is 3.76. The molecule has 0 fully saturated rings. The molecule has 0 radical (unpaired) electrons. The lowest BCUT2D eigenvalue weighted by Crippen LogP contribution is -2.64. The third kappa shape index (κ3) is 3.25. The molecule has 0 bridgehead atoms. The summed E-state index contributed by atoms with van der Waals surface area (Å²) >= 11 is 0. The molecule has 0 saturated heterocycles. The molecule has 8 heteroatoms. The van der Waals surface area contributed by atoms with Gasteiger partial charge in [-0.15, -0.1) is 0 Å². The van der Waals surface area contributed by atoms with E-state index in [0.29, 0.717) is 6.92 Å². The smallest absolute Gasteiger partial charge is 0.372 e. The zero-order valence-electron chi connectivity index (χ0n) is 9.49. The van der Waals surface area contributed by atoms with Crippen LogP contribution < -0.4 is 0 Å². The van der Waals surface area contributed by atoms with E-state index >= 15 is 0 Å². The van der Waals surface area contributed by atoms with Gasteiger partial charge < -0.3 is 9.84 Å². The Morgan fingerprint density at radius 1 is 1.00 bits per heavy atom. The maximum absolute atomic E-state index is 12.4. The molecular weight excluding hydrogens is 254 g/mol. The van der Waals surface area contributed by atoms with Crippen LogP contribution in [0.25, 0.3) is 0 Å². The van der Waals surface area contributed by atoms with Crippen molar-refractivity contribution < 1.29 is 36.2 Å². The maximum Gasteiger partial charge on any atom is 0.428 e. The molecule has 0 saturated carbocycles. The van der Waals surface area contributed by atoms with Crippen LogP contribution >= 0.6 is 0 Å². The maximum atomic E-state index is 12.4. The van der Waals surface area contributed by atoms with Crippen LogP contribution in [0.4, 0.5) is 26.3 Å². The first kappa shape index (κ1) is 16.5. The van der Waals surface area contributed by atoms with E-state index in [2.05, 4.69) is 4.74 Å². The van der Waals surface area contributed by atoms with E-state index < -0.39 is 30.2 Å². The van der Waals surface area contributed by atoms with Gasteiger partial charge in [-0.2, -0.15) is 26.3 Å². The van der Waals surface area contributed by atoms with Gasteiger partial charge in [0, 0.05) is 0 Å². The van der Waals surface area contributed by atoms with E-state index in [0.717, 1.165) is 0 Å². The van der Waals surface area contributed by atoms with E-state index in [4.69, 9.17) is 5.11 Å². The first-order valence-corrected chi connectivity index (χ1v) is 4.89. The molecule has 0 aromatic heterocycles. The van der Waals surface area contributed by atoms with Gasteiger partial charge in [0.1, 0.15) is 6.10 Å². The Bertz CT molecular complexity index is 233. The zero-order valence-corrected chi connectivity index (χ0v) is 9.49. The van der Waals surface area contributed by atoms with Gasteiger partial charge in [0.05, 0.1) is 6.10 Å². The molecule has 0 aliphatic heterocycles. The highest BCUT2D eigenvalue weighted by Gasteiger charge is 2.73. The predicted molar refractivity (Wildman–Crippen MR) is 47.4 cm³/mol. The van der Waals surface area contributed by atoms with E-state index in [-0.39, 0.29) is 6.42 Å². The van der Waals surface area contributed by atoms with Crippen molar-refractivity contribution in [1.29, 1.82) is 0 Å². The molecule has 1 N–H and O–H groups in total. The molecule has 0 aromatic rings. The number of hydrogen-bond donors (Lipinski definition) is 1. The summed E-state index contributed by atoms with van der Waals surface area (Å²) in [6.07, 6.45) is -14.7. The zero-order chi connectivity index (χ0) is 14.1. The van der Waals surface area contributed by atoms with Gasteiger partial charge in [-0.1, -0.05) is 6.92 Å². The Kier molecular flexibility index (Phi) is 4.86. The van der Waals surface area contributed by atoms with Gasteiger partial charge in [0.25, 0.3) is 5.60 Å². The predicted octanol–water partition coefficient (Wildman–Crippen LogP) is 3.05. The lowest BCUT2D eigenvalue weighted by atomic mass is 9.96. The molecule has 2 unspecified atom stereocenters. The molecule has 0 aromatic carbocycles. The minimum absolute atomic E-state index is 0.232. The second kappa shape index (κ2) is 5.01. The average molecular weight is 268 g/mol. The minimum Gasteiger partial charge on any atom is -0.372 e. The largest absolute Gasteiger partial charge is 0.428 e. The van der Waals surface area contributed by atoms with Crippen molar-refractivity contribution >= 4 is 0 Å². The Morgan fingerprint density at radius 2 is 1.35 bits per heavy atom. The Balaban J connectivity index is 5.22. The highest BCUT2D eigenvalue weighted by atomic mass is 19.4. The number of ether oxygens (including phenoxy) is 1. The minimum atomic E-state index is -5.85. The number of hydrogen-bond acceptors (Lipinski definition) is 2. The summed E-state index contributed by atoms with van der Waals surface area (Å²) < 4.78 is 78.7. The van der Waals surface area contributed by atoms with Gasteiger partial charge in [0.2, 0.25) is 0 Å². The van der Waals surface area contributed by atoms with Gasteiger partial charge in [-0.3, -0.25) is 0 Å². The fourth-order valence-electron chi connectivity index (χ4n) is 1.16. The summed E-state index contributed by atoms with van der Waals surface area (Å²) in [6.45, 7) is 3.41. The molecule has 0 aliphatic rings. The van der Waals surface area contributed by atoms with E-state index in [1.54, 1.807) is 0 Å². The first-order valence-electron chi connectivity index (χ1n) is 4.89. The lowest BCUT2D eigenvalue weighted by Gasteiger charge is -2.37. The number of halogens is 6. The van der Waals surface area contributed by atoms with Crippen LogP contribution in [0, 0.1) is 0 Å². The molecule has 0 spiro atoms. The van der Waals surface area contributed by atoms with Crippen molar-refractivity contribution in [2.45, 2.75) is 57.4 Å². The summed E-state index contributed by atoms with van der Waals surface area (Å²) in [4.78, 5) is 0. The van der Waals surface area contributed by atoms with E-state index in [9.17, 15) is 26.3 Å². The standard InChI is InChI=1S/C9H14F6O2/c1-4-5(2)17-6(3)7(16,8(10,11)12)9(13,14)15/h5-6,16H,4H2,1-3H3. The van der Waals surface area contributed by atoms with Crippen LogP contribution in [-0.4, -0.2) is 35.3 Å². The van der Waals surface area contributed by atoms with Gasteiger partial charge >= 0.3 is 12.4 Å². The fraction of sp³-hybridized carbons (Fsp3) is 1.00. The van der Waals surface area contributed by atoms with Crippen LogP contribution in [0.15, 0.2) is 0 Å². The van der Waals surface area contributed by atoms with E-state index in [1.165, 1.54) is 13.8 Å². The number of aliphatic hydroxyl groups is 1. The van der Waals surface area contributed by atoms with Crippen molar-refractivity contribution in [1.82, 2.24) is 0 Å². The molecular formula is C9H14F6O2. The molecule has 17 heavy (non-hydrogen) atoms. The quantitative estimate of drug-likeness (QED) is 0.794. The second-order valence-electron chi connectivity index (χ2n) is 3.76. The monoisotopic (exact) mass is 268 g/mol. The fourth-order valence-corrected chi connectivity index (χ4v) is 1.16. The van der Waals surface area contributed by atoms with Crippen molar-refractivity contribution in [3.63, 3.8) is 0 Å². The summed E-state index contributed by atoms with van der Waals surface area (Å²) in [5.41, 5.74) is -4.86. The highest BCUT2D eigenvalue weighted by molar-refractivity contribution is 4.99. The average Bonchev–Trinajstić information content (AvgIpc) is 2.12. The van der Waals surface area contributed by atoms with Crippen molar-refractivity contribution in [2.75, 3.05) is 0 Å². The van der Waals surface area contributed by atoms with Crippen LogP contribution in [0.3, 0.4) is 0 Å². The van der Waals surface area contributed by atoms with Crippen LogP contribution in [0.5, 0.6) is 0 Å². The summed E-state index contributed by atoms with van der Waals surface area (Å²) in [6, 6.07) is 0. The Morgan fingerprint density at radius 3 is 1.59 bits per heavy atom. The summed E-state index contributed by atoms with van der Waals surface area (Å²) in [7, 11) is 0. The Labute approximate surface area is 94.6 Å². The number of rotatable bonds is 4. The van der Waals surface area contributed by atoms with E-state index in [1.807, 2.05) is 0 Å². The molecule has 0 heterocycles. The summed E-state index contributed by atoms with van der Waals surface area (Å²) in [5.74, 6) is 0. The molecule has 2 nitrogen and oxygen atoms in total. The molecule has 0 rings (SSSR count). The van der Waals surface area contributed by atoms with Crippen molar-refractivity contribution in [2.24, 2.45) is 0 Å². The third-order valence-electron chi connectivity index (χ3n) is 2.46. The first-order chi connectivity index (χ1) is 7.38. The van der Waals surface area contributed by atoms with Crippen LogP contribution in [0.1, 0.15) is 27.2 Å². The van der Waals surface area contributed by atoms with Gasteiger partial charge in [0.15, 0.2) is 0 Å². The van der Waals surface area contributed by atoms with Crippen molar-refractivity contribution in [3.8, 4) is 0 Å². The topological polar surface area (TPSA) is 29.5 Å². The normalized spacial score (nSPS) is 18.0. The Hall–Kier alpha value is -0.500. The molecule has 104 valence electrons. The van der Waals surface area contributed by atoms with Crippen molar-refractivity contribution in [3.05, 3.63) is 0 Å². The van der Waals surface area contributed by atoms with Crippen LogP contribution in [-0.2, 0) is 4.74 Å². The SMILES string of the molecule is CCC(C)OC(C)C(O)(C(F)(F)F)C(F)(F)F. The van der Waals surface area contributed by atoms with Crippen LogP contribution in [0.2, 0.25) is 0 Å². The molecule has 0 amide bonds. The summed E-state index contributed by atoms with van der Waals surface area (Å²) in [5, 5.41) is 8.92. The van der Waals surface area contributed by atoms with Gasteiger partial charge in [-0.05, 0) is 20.3 Å². The highest BCUT2D eigenvalue weighted by Crippen LogP contribution is 2.46. The van der Waals surface area contributed by atoms with Gasteiger partial charge in [-0.25, -0.2) is 0 Å². The molecule has 0 aliphatic carbocycles. The number of alkyl halides is 6. The third-order valence-corrected chi connectivity index (χ3v) is 2.46.